The van der Waals surface area contributed by atoms with Crippen molar-refractivity contribution in [3.63, 3.8) is 0 Å². The third-order valence-electron chi connectivity index (χ3n) is 2.57. The van der Waals surface area contributed by atoms with Crippen LogP contribution in [0, 0.1) is 0 Å². The number of anilines is 1. The van der Waals surface area contributed by atoms with Crippen LogP contribution in [0.2, 0.25) is 0 Å². The molecule has 0 unspecified atom stereocenters. The van der Waals surface area contributed by atoms with Gasteiger partial charge in [-0.1, -0.05) is 0 Å². The molecule has 0 saturated heterocycles. The summed E-state index contributed by atoms with van der Waals surface area (Å²) in [4.78, 5) is 8.70. The van der Waals surface area contributed by atoms with Crippen LogP contribution in [0.4, 0.5) is 5.69 Å². The van der Waals surface area contributed by atoms with Crippen LogP contribution >= 0.6 is 0 Å². The molecule has 0 bridgehead atoms. The van der Waals surface area contributed by atoms with Crippen molar-refractivity contribution in [2.24, 2.45) is 5.73 Å². The summed E-state index contributed by atoms with van der Waals surface area (Å²) in [5.41, 5.74) is 7.78. The van der Waals surface area contributed by atoms with Gasteiger partial charge in [-0.15, -0.1) is 0 Å². The Morgan fingerprint density at radius 2 is 2.00 bits per heavy atom. The van der Waals surface area contributed by atoms with Gasteiger partial charge in [-0.25, -0.2) is 0 Å². The van der Waals surface area contributed by atoms with Gasteiger partial charge < -0.3 is 15.5 Å². The van der Waals surface area contributed by atoms with E-state index in [4.69, 9.17) is 5.73 Å². The molecule has 0 aliphatic rings. The fraction of sp³-hybridized carbons (Fsp3) is 0.583. The molecule has 1 aromatic heterocycles. The predicted molar refractivity (Wildman–Crippen MR) is 68.6 cm³/mol. The summed E-state index contributed by atoms with van der Waals surface area (Å²) in [7, 11) is 6.27. The monoisotopic (exact) mass is 222 g/mol. The topological polar surface area (TPSA) is 45.4 Å². The second kappa shape index (κ2) is 6.45. The molecule has 0 radical (unpaired) electrons. The molecule has 4 nitrogen and oxygen atoms in total. The Morgan fingerprint density at radius 1 is 1.25 bits per heavy atom. The van der Waals surface area contributed by atoms with Crippen LogP contribution in [0.5, 0.6) is 0 Å². The number of pyridine rings is 1. The summed E-state index contributed by atoms with van der Waals surface area (Å²) in [6.07, 6.45) is 2.93. The Hall–Kier alpha value is -1.13. The van der Waals surface area contributed by atoms with E-state index in [-0.39, 0.29) is 0 Å². The molecule has 90 valence electrons. The number of nitrogens with two attached hydrogens (primary N) is 1. The predicted octanol–water partition coefficient (Wildman–Crippen LogP) is 0.928. The van der Waals surface area contributed by atoms with Crippen molar-refractivity contribution in [3.05, 3.63) is 24.0 Å². The molecule has 1 heterocycles. The van der Waals surface area contributed by atoms with Crippen LogP contribution in [-0.4, -0.2) is 44.1 Å². The third-order valence-corrected chi connectivity index (χ3v) is 2.57. The van der Waals surface area contributed by atoms with Gasteiger partial charge in [-0.05, 0) is 39.2 Å². The van der Waals surface area contributed by atoms with Gasteiger partial charge in [0.05, 0.1) is 11.4 Å². The molecule has 4 heteroatoms. The van der Waals surface area contributed by atoms with Crippen molar-refractivity contribution in [1.29, 1.82) is 0 Å². The second-order valence-electron chi connectivity index (χ2n) is 4.25. The van der Waals surface area contributed by atoms with E-state index in [2.05, 4.69) is 42.0 Å². The molecule has 2 N–H and O–H groups in total. The van der Waals surface area contributed by atoms with E-state index < -0.39 is 0 Å². The number of nitrogens with zero attached hydrogens (tertiary/aromatic N) is 3. The van der Waals surface area contributed by atoms with Crippen LogP contribution in [0.15, 0.2) is 18.3 Å². The van der Waals surface area contributed by atoms with Gasteiger partial charge in [0.15, 0.2) is 0 Å². The highest BCUT2D eigenvalue weighted by molar-refractivity contribution is 5.49. The van der Waals surface area contributed by atoms with Crippen molar-refractivity contribution in [2.75, 3.05) is 39.1 Å². The molecule has 0 atom stereocenters. The summed E-state index contributed by atoms with van der Waals surface area (Å²) in [5.74, 6) is 0. The number of aromatic nitrogens is 1. The molecule has 0 spiro atoms. The van der Waals surface area contributed by atoms with Gasteiger partial charge in [0.25, 0.3) is 0 Å². The summed E-state index contributed by atoms with van der Waals surface area (Å²) in [6.45, 7) is 2.62. The minimum atomic E-state index is 0.494. The van der Waals surface area contributed by atoms with Gasteiger partial charge in [-0.2, -0.15) is 0 Å². The van der Waals surface area contributed by atoms with E-state index in [1.165, 1.54) is 0 Å². The average Bonchev–Trinajstić information content (AvgIpc) is 2.28. The lowest BCUT2D eigenvalue weighted by molar-refractivity contribution is 0.401. The maximum Gasteiger partial charge on any atom is 0.0772 e. The first-order valence-electron chi connectivity index (χ1n) is 5.65. The van der Waals surface area contributed by atoms with Crippen LogP contribution in [0.25, 0.3) is 0 Å². The van der Waals surface area contributed by atoms with E-state index in [0.717, 1.165) is 30.9 Å². The Bertz CT molecular complexity index is 312. The fourth-order valence-electron chi connectivity index (χ4n) is 1.68. The lowest BCUT2D eigenvalue weighted by atomic mass is 10.2. The van der Waals surface area contributed by atoms with Crippen molar-refractivity contribution in [2.45, 2.75) is 13.0 Å². The van der Waals surface area contributed by atoms with Gasteiger partial charge in [0.1, 0.15) is 0 Å². The van der Waals surface area contributed by atoms with Crippen LogP contribution in [0.3, 0.4) is 0 Å². The highest BCUT2D eigenvalue weighted by atomic mass is 15.1. The molecule has 1 aromatic rings. The largest absolute Gasteiger partial charge is 0.373 e. The van der Waals surface area contributed by atoms with Gasteiger partial charge in [0, 0.05) is 26.3 Å². The van der Waals surface area contributed by atoms with Crippen molar-refractivity contribution in [1.82, 2.24) is 9.88 Å². The quantitative estimate of drug-likeness (QED) is 0.777. The fourth-order valence-corrected chi connectivity index (χ4v) is 1.68. The van der Waals surface area contributed by atoms with Crippen molar-refractivity contribution in [3.8, 4) is 0 Å². The normalized spacial score (nSPS) is 10.8. The Kier molecular flexibility index (Phi) is 5.22. The number of rotatable bonds is 6. The lowest BCUT2D eigenvalue weighted by Crippen LogP contribution is -2.24. The van der Waals surface area contributed by atoms with E-state index in [1.807, 2.05) is 6.07 Å². The Morgan fingerprint density at radius 3 is 2.62 bits per heavy atom. The van der Waals surface area contributed by atoms with Crippen LogP contribution in [-0.2, 0) is 6.54 Å². The zero-order valence-electron chi connectivity index (χ0n) is 10.5. The van der Waals surface area contributed by atoms with Crippen molar-refractivity contribution < 1.29 is 0 Å². The molecular weight excluding hydrogens is 200 g/mol. The molecule has 0 aromatic carbocycles. The molecule has 0 saturated carbocycles. The van der Waals surface area contributed by atoms with Crippen LogP contribution < -0.4 is 10.6 Å². The van der Waals surface area contributed by atoms with E-state index in [0.29, 0.717) is 6.54 Å². The minimum Gasteiger partial charge on any atom is -0.373 e. The second-order valence-corrected chi connectivity index (χ2v) is 4.25. The molecule has 1 rings (SSSR count). The first-order chi connectivity index (χ1) is 7.65. The van der Waals surface area contributed by atoms with Gasteiger partial charge in [0.2, 0.25) is 0 Å². The zero-order chi connectivity index (χ0) is 12.0. The van der Waals surface area contributed by atoms with E-state index in [1.54, 1.807) is 6.20 Å². The molecular formula is C12H22N4. The molecule has 16 heavy (non-hydrogen) atoms. The molecule has 0 aliphatic carbocycles. The highest BCUT2D eigenvalue weighted by Crippen LogP contribution is 2.16. The zero-order valence-corrected chi connectivity index (χ0v) is 10.5. The van der Waals surface area contributed by atoms with Gasteiger partial charge >= 0.3 is 0 Å². The Labute approximate surface area is 98.1 Å². The summed E-state index contributed by atoms with van der Waals surface area (Å²) in [6, 6.07) is 4.03. The molecule has 0 fully saturated rings. The lowest BCUT2D eigenvalue weighted by Gasteiger charge is -2.22. The third kappa shape index (κ3) is 3.79. The minimum absolute atomic E-state index is 0.494. The molecule has 0 amide bonds. The Balaban J connectivity index is 2.55. The first-order valence-corrected chi connectivity index (χ1v) is 5.65. The maximum absolute atomic E-state index is 5.67. The van der Waals surface area contributed by atoms with Crippen molar-refractivity contribution >= 4 is 5.69 Å². The molecule has 0 aliphatic heterocycles. The smallest absolute Gasteiger partial charge is 0.0772 e. The van der Waals surface area contributed by atoms with E-state index in [9.17, 15) is 0 Å². The standard InChI is InChI=1S/C12H22N4/c1-15(2)8-5-9-16(3)12-6-4-7-14-11(12)10-13/h4,6-7H,5,8-10,13H2,1-3H3. The first kappa shape index (κ1) is 12.9. The highest BCUT2D eigenvalue weighted by Gasteiger charge is 2.06. The number of hydrogen-bond donors (Lipinski definition) is 1. The summed E-state index contributed by atoms with van der Waals surface area (Å²) >= 11 is 0. The summed E-state index contributed by atoms with van der Waals surface area (Å²) < 4.78 is 0. The maximum atomic E-state index is 5.67. The van der Waals surface area contributed by atoms with Crippen LogP contribution in [0.1, 0.15) is 12.1 Å². The SMILES string of the molecule is CN(C)CCCN(C)c1cccnc1CN. The van der Waals surface area contributed by atoms with Gasteiger partial charge in [-0.3, -0.25) is 4.98 Å². The average molecular weight is 222 g/mol. The summed E-state index contributed by atoms with van der Waals surface area (Å²) in [5, 5.41) is 0. The van der Waals surface area contributed by atoms with E-state index >= 15 is 0 Å². The number of hydrogen-bond acceptors (Lipinski definition) is 4.